The van der Waals surface area contributed by atoms with Gasteiger partial charge in [0.15, 0.2) is 9.74 Å². The number of amides is 2. The second kappa shape index (κ2) is 6.92. The summed E-state index contributed by atoms with van der Waals surface area (Å²) in [7, 11) is 2.77. The molecule has 7 aliphatic rings. The van der Waals surface area contributed by atoms with E-state index in [0.29, 0.717) is 6.42 Å². The van der Waals surface area contributed by atoms with Gasteiger partial charge in [0.25, 0.3) is 11.8 Å². The molecule has 2 amide bonds. The predicted molar refractivity (Wildman–Crippen MR) is 118 cm³/mol. The van der Waals surface area contributed by atoms with E-state index < -0.39 is 46.0 Å². The Morgan fingerprint density at radius 2 is 1.48 bits per heavy atom. The number of ether oxygens (including phenoxy) is 3. The van der Waals surface area contributed by atoms with Gasteiger partial charge in [-0.1, -0.05) is 33.7 Å². The number of fused-ring (bicyclic) bond motifs is 3. The van der Waals surface area contributed by atoms with Crippen LogP contribution in [0, 0.1) is 0 Å². The van der Waals surface area contributed by atoms with Gasteiger partial charge in [-0.3, -0.25) is 19.2 Å². The highest BCUT2D eigenvalue weighted by molar-refractivity contribution is 8.78. The third kappa shape index (κ3) is 2.63. The van der Waals surface area contributed by atoms with Crippen LogP contribution in [0.3, 0.4) is 0 Å². The quantitative estimate of drug-likeness (QED) is 0.425. The Kier molecular flexibility index (Phi) is 4.39. The molecule has 2 unspecified atom stereocenters. The van der Waals surface area contributed by atoms with Crippen LogP contribution in [0.2, 0.25) is 0 Å². The molecule has 2 bridgehead atoms. The van der Waals surface area contributed by atoms with Crippen LogP contribution in [0.1, 0.15) is 26.7 Å². The molecule has 0 aromatic rings. The van der Waals surface area contributed by atoms with Crippen LogP contribution in [-0.2, 0) is 33.4 Å². The first-order chi connectivity index (χ1) is 15.8. The lowest BCUT2D eigenvalue weighted by Gasteiger charge is -2.58. The van der Waals surface area contributed by atoms with Crippen LogP contribution in [0.5, 0.6) is 0 Å². The number of nitrogens with zero attached hydrogens (tertiary/aromatic N) is 2. The monoisotopic (exact) mass is 488 g/mol. The van der Waals surface area contributed by atoms with Crippen molar-refractivity contribution in [2.45, 2.75) is 60.7 Å². The standard InChI is InChI=1S/C22H20N2O7S2/c1-11(25)30-15-5-3-4-13-8-21-19(27)24-18-14(10-29-7-6-16(18)31-12(2)26)9-22(24,33-32-21)20(28)23(21)17(13)15/h3-7,10,15-18H,8-9H2,1-2H3/t15-,16-,17?,18?,21+,22+/m0/s1. The third-order valence-corrected chi connectivity index (χ3v) is 10.4. The minimum Gasteiger partial charge on any atom is -0.473 e. The number of hydrogen-bond donors (Lipinski definition) is 0. The summed E-state index contributed by atoms with van der Waals surface area (Å²) in [5, 5.41) is 0. The molecule has 0 saturated carbocycles. The number of esters is 2. The van der Waals surface area contributed by atoms with Gasteiger partial charge in [-0.05, 0) is 23.3 Å². The molecule has 5 fully saturated rings. The summed E-state index contributed by atoms with van der Waals surface area (Å²) in [5.41, 5.74) is 1.60. The molecule has 6 heterocycles. The average Bonchev–Trinajstić information content (AvgIpc) is 3.21. The largest absolute Gasteiger partial charge is 0.473 e. The predicted octanol–water partition coefficient (Wildman–Crippen LogP) is 1.78. The zero-order chi connectivity index (χ0) is 23.1. The van der Waals surface area contributed by atoms with Crippen molar-refractivity contribution in [3.63, 3.8) is 0 Å². The molecule has 5 saturated heterocycles. The Morgan fingerprint density at radius 3 is 2.09 bits per heavy atom. The zero-order valence-electron chi connectivity index (χ0n) is 17.8. The molecule has 172 valence electrons. The van der Waals surface area contributed by atoms with Crippen molar-refractivity contribution in [2.75, 3.05) is 0 Å². The highest BCUT2D eigenvalue weighted by Gasteiger charge is 2.77. The SMILES string of the molecule is CC(=O)O[C@H]1C=CC=C2C[C@@]34SS[C@]5(CC6=COC=C[C@H](OC(C)=O)C6N5C3=O)C(=O)N4C21. The van der Waals surface area contributed by atoms with Crippen molar-refractivity contribution in [3.8, 4) is 0 Å². The zero-order valence-corrected chi connectivity index (χ0v) is 19.4. The molecule has 1 aliphatic carbocycles. The summed E-state index contributed by atoms with van der Waals surface area (Å²) in [6.45, 7) is 2.64. The van der Waals surface area contributed by atoms with E-state index in [0.717, 1.165) is 11.1 Å². The highest BCUT2D eigenvalue weighted by Crippen LogP contribution is 2.69. The lowest BCUT2D eigenvalue weighted by molar-refractivity contribution is -0.171. The third-order valence-electron chi connectivity index (χ3n) is 6.81. The van der Waals surface area contributed by atoms with E-state index in [1.807, 2.05) is 6.08 Å². The molecule has 0 aromatic heterocycles. The summed E-state index contributed by atoms with van der Waals surface area (Å²) in [6.07, 6.45) is 9.19. The molecule has 0 aromatic carbocycles. The van der Waals surface area contributed by atoms with Crippen molar-refractivity contribution < 1.29 is 33.4 Å². The van der Waals surface area contributed by atoms with Crippen LogP contribution >= 0.6 is 21.6 Å². The number of carbonyl (C=O) groups excluding carboxylic acids is 4. The number of rotatable bonds is 2. The van der Waals surface area contributed by atoms with E-state index in [9.17, 15) is 19.2 Å². The van der Waals surface area contributed by atoms with Crippen molar-refractivity contribution in [1.82, 2.24) is 9.80 Å². The number of allylic oxidation sites excluding steroid dienone is 2. The molecule has 0 N–H and O–H groups in total. The second-order valence-electron chi connectivity index (χ2n) is 8.76. The van der Waals surface area contributed by atoms with Gasteiger partial charge in [-0.15, -0.1) is 0 Å². The first kappa shape index (κ1) is 20.9. The Balaban J connectivity index is 1.46. The lowest BCUT2D eigenvalue weighted by Crippen LogP contribution is -2.77. The fourth-order valence-electron chi connectivity index (χ4n) is 5.70. The van der Waals surface area contributed by atoms with Crippen molar-refractivity contribution >= 4 is 45.3 Å². The summed E-state index contributed by atoms with van der Waals surface area (Å²) in [5.74, 6) is -1.34. The van der Waals surface area contributed by atoms with Crippen LogP contribution in [0.25, 0.3) is 0 Å². The molecule has 33 heavy (non-hydrogen) atoms. The van der Waals surface area contributed by atoms with Gasteiger partial charge in [0.1, 0.15) is 12.2 Å². The maximum atomic E-state index is 14.2. The number of hydrogen-bond acceptors (Lipinski definition) is 9. The van der Waals surface area contributed by atoms with Crippen molar-refractivity contribution in [2.24, 2.45) is 0 Å². The lowest BCUT2D eigenvalue weighted by atomic mass is 9.96. The summed E-state index contributed by atoms with van der Waals surface area (Å²) < 4.78 is 16.5. The minimum absolute atomic E-state index is 0.203. The van der Waals surface area contributed by atoms with Crippen LogP contribution in [0.4, 0.5) is 0 Å². The van der Waals surface area contributed by atoms with E-state index in [2.05, 4.69) is 0 Å². The fraction of sp³-hybridized carbons (Fsp3) is 0.455. The average molecular weight is 489 g/mol. The molecular formula is C22H20N2O7S2. The summed E-state index contributed by atoms with van der Waals surface area (Å²) in [6, 6.07) is -1.15. The van der Waals surface area contributed by atoms with Crippen LogP contribution < -0.4 is 0 Å². The number of carbonyl (C=O) groups is 4. The maximum absolute atomic E-state index is 14.2. The smallest absolute Gasteiger partial charge is 0.303 e. The molecule has 2 spiro atoms. The maximum Gasteiger partial charge on any atom is 0.303 e. The second-order valence-corrected chi connectivity index (χ2v) is 11.4. The first-order valence-corrected chi connectivity index (χ1v) is 12.7. The summed E-state index contributed by atoms with van der Waals surface area (Å²) in [4.78, 5) is 52.8. The van der Waals surface area contributed by atoms with Gasteiger partial charge in [0.05, 0.1) is 24.6 Å². The van der Waals surface area contributed by atoms with Crippen LogP contribution in [0.15, 0.2) is 48.0 Å². The molecule has 6 atom stereocenters. The first-order valence-electron chi connectivity index (χ1n) is 10.6. The molecule has 9 nitrogen and oxygen atoms in total. The summed E-state index contributed by atoms with van der Waals surface area (Å²) >= 11 is 0. The van der Waals surface area contributed by atoms with E-state index >= 15 is 0 Å². The van der Waals surface area contributed by atoms with Gasteiger partial charge in [-0.2, -0.15) is 0 Å². The van der Waals surface area contributed by atoms with Gasteiger partial charge >= 0.3 is 11.9 Å². The van der Waals surface area contributed by atoms with Gasteiger partial charge in [0.2, 0.25) is 0 Å². The van der Waals surface area contributed by atoms with Crippen molar-refractivity contribution in [1.29, 1.82) is 0 Å². The highest BCUT2D eigenvalue weighted by atomic mass is 33.1. The van der Waals surface area contributed by atoms with E-state index in [1.54, 1.807) is 28.0 Å². The molecule has 6 aliphatic heterocycles. The Morgan fingerprint density at radius 1 is 0.939 bits per heavy atom. The Bertz CT molecular complexity index is 1130. The fourth-order valence-corrected chi connectivity index (χ4v) is 9.41. The molecule has 0 radical (unpaired) electrons. The van der Waals surface area contributed by atoms with Crippen LogP contribution in [-0.4, -0.2) is 67.6 Å². The molecule has 11 heteroatoms. The van der Waals surface area contributed by atoms with E-state index in [1.165, 1.54) is 48.0 Å². The van der Waals surface area contributed by atoms with E-state index in [4.69, 9.17) is 14.2 Å². The number of piperazine rings is 1. The molecular weight excluding hydrogens is 468 g/mol. The topological polar surface area (TPSA) is 102 Å². The Labute approximate surface area is 197 Å². The minimum atomic E-state index is -1.19. The van der Waals surface area contributed by atoms with Gasteiger partial charge in [-0.25, -0.2) is 0 Å². The van der Waals surface area contributed by atoms with Gasteiger partial charge < -0.3 is 24.0 Å². The normalized spacial score (nSPS) is 39.6. The molecule has 7 rings (SSSR count). The van der Waals surface area contributed by atoms with Gasteiger partial charge in [0, 0.05) is 26.7 Å². The van der Waals surface area contributed by atoms with E-state index in [-0.39, 0.29) is 18.2 Å². The van der Waals surface area contributed by atoms with Crippen molar-refractivity contribution in [3.05, 3.63) is 48.0 Å². The Hall–Kier alpha value is -2.66.